The molecule has 0 amide bonds. The van der Waals surface area contributed by atoms with E-state index in [4.69, 9.17) is 5.73 Å². The van der Waals surface area contributed by atoms with Crippen LogP contribution in [0.4, 0.5) is 0 Å². The normalized spacial score (nSPS) is 16.4. The van der Waals surface area contributed by atoms with E-state index in [-0.39, 0.29) is 6.04 Å². The lowest BCUT2D eigenvalue weighted by Crippen LogP contribution is -1.88. The average molecular weight is 207 g/mol. The van der Waals surface area contributed by atoms with Gasteiger partial charge in [0, 0.05) is 0 Å². The molecule has 0 fully saturated rings. The van der Waals surface area contributed by atoms with Crippen molar-refractivity contribution in [1.29, 1.82) is 0 Å². The van der Waals surface area contributed by atoms with E-state index in [0.29, 0.717) is 0 Å². The van der Waals surface area contributed by atoms with Crippen LogP contribution < -0.4 is 5.73 Å². The molecule has 0 radical (unpaired) electrons. The highest BCUT2D eigenvalue weighted by molar-refractivity contribution is 5.89. The number of nitrogens with two attached hydrogens (primary N) is 1. The Labute approximate surface area is 94.9 Å². The lowest BCUT2D eigenvalue weighted by Gasteiger charge is -1.91. The van der Waals surface area contributed by atoms with Crippen LogP contribution in [0.3, 0.4) is 0 Å². The van der Waals surface area contributed by atoms with Gasteiger partial charge in [0.2, 0.25) is 0 Å². The van der Waals surface area contributed by atoms with E-state index in [1.165, 1.54) is 21.9 Å². The monoisotopic (exact) mass is 207 g/mol. The van der Waals surface area contributed by atoms with Crippen molar-refractivity contribution >= 4 is 10.8 Å². The Hall–Kier alpha value is -1.86. The summed E-state index contributed by atoms with van der Waals surface area (Å²) in [6.45, 7) is 0. The minimum Gasteiger partial charge on any atom is -0.320 e. The molecule has 1 heteroatoms. The molecule has 2 N–H and O–H groups in total. The molecule has 2 aromatic carbocycles. The van der Waals surface area contributed by atoms with Crippen LogP contribution in [0.2, 0.25) is 0 Å². The first-order chi connectivity index (χ1) is 7.88. The maximum atomic E-state index is 6.05. The van der Waals surface area contributed by atoms with Crippen molar-refractivity contribution in [3.8, 4) is 0 Å². The number of hydrogen-bond acceptors (Lipinski definition) is 1. The summed E-state index contributed by atoms with van der Waals surface area (Å²) in [4.78, 5) is 0. The maximum absolute atomic E-state index is 6.05. The third-order valence-electron chi connectivity index (χ3n) is 3.01. The lowest BCUT2D eigenvalue weighted by molar-refractivity contribution is 1.07. The number of rotatable bonds is 0. The van der Waals surface area contributed by atoms with Crippen LogP contribution in [0.25, 0.3) is 10.8 Å². The first-order valence-corrected chi connectivity index (χ1v) is 5.48. The number of hydrogen-bond donors (Lipinski definition) is 1. The molecule has 1 atom stereocenters. The topological polar surface area (TPSA) is 26.0 Å². The molecular formula is C15H13N. The van der Waals surface area contributed by atoms with Crippen molar-refractivity contribution in [2.75, 3.05) is 0 Å². The number of benzene rings is 1. The molecular weight excluding hydrogens is 194 g/mol. The predicted molar refractivity (Wildman–Crippen MR) is 67.6 cm³/mol. The highest BCUT2D eigenvalue weighted by atomic mass is 14.7. The lowest BCUT2D eigenvalue weighted by atomic mass is 10.1. The molecule has 0 heterocycles. The fraction of sp³-hybridized carbons (Fsp3) is 0.0667. The maximum Gasteiger partial charge on any atom is 0.0564 e. The van der Waals surface area contributed by atoms with E-state index in [0.717, 1.165) is 0 Å². The molecule has 0 bridgehead atoms. The Bertz CT molecular complexity index is 600. The van der Waals surface area contributed by atoms with Crippen LogP contribution in [0, 0.1) is 0 Å². The summed E-state index contributed by atoms with van der Waals surface area (Å²) < 4.78 is 0. The van der Waals surface area contributed by atoms with Crippen molar-refractivity contribution in [1.82, 2.24) is 0 Å². The Morgan fingerprint density at radius 1 is 0.750 bits per heavy atom. The largest absolute Gasteiger partial charge is 0.320 e. The quantitative estimate of drug-likeness (QED) is 0.704. The van der Waals surface area contributed by atoms with E-state index in [9.17, 15) is 0 Å². The highest BCUT2D eigenvalue weighted by Gasteiger charge is 2.28. The Kier molecular flexibility index (Phi) is 2.12. The van der Waals surface area contributed by atoms with Crippen LogP contribution in [0.1, 0.15) is 17.2 Å². The van der Waals surface area contributed by atoms with Crippen LogP contribution >= 0.6 is 0 Å². The van der Waals surface area contributed by atoms with Crippen LogP contribution in [0.15, 0.2) is 60.7 Å². The zero-order valence-corrected chi connectivity index (χ0v) is 8.93. The summed E-state index contributed by atoms with van der Waals surface area (Å²) in [5.41, 5.74) is 8.59. The number of fused-ring (bicyclic) bond motifs is 3. The van der Waals surface area contributed by atoms with Gasteiger partial charge in [0.05, 0.1) is 6.04 Å². The molecule has 0 spiro atoms. The summed E-state index contributed by atoms with van der Waals surface area (Å²) in [5.74, 6) is 0. The van der Waals surface area contributed by atoms with E-state index in [1.54, 1.807) is 0 Å². The zero-order valence-electron chi connectivity index (χ0n) is 8.93. The van der Waals surface area contributed by atoms with Crippen LogP contribution in [-0.2, 0) is 0 Å². The molecule has 0 saturated carbocycles. The highest BCUT2D eigenvalue weighted by Crippen LogP contribution is 2.41. The van der Waals surface area contributed by atoms with Gasteiger partial charge in [0.15, 0.2) is 0 Å². The predicted octanol–water partition coefficient (Wildman–Crippen LogP) is 3.33. The molecule has 2 aromatic rings. The Balaban J connectivity index is 2.43. The van der Waals surface area contributed by atoms with Gasteiger partial charge in [0.1, 0.15) is 0 Å². The Morgan fingerprint density at radius 2 is 1.38 bits per heavy atom. The van der Waals surface area contributed by atoms with Crippen molar-refractivity contribution in [2.45, 2.75) is 6.04 Å². The van der Waals surface area contributed by atoms with Crippen LogP contribution in [-0.4, -0.2) is 0 Å². The van der Waals surface area contributed by atoms with Gasteiger partial charge in [-0.3, -0.25) is 0 Å². The molecule has 0 saturated heterocycles. The standard InChI is InChI=1S/C15H13N/c16-15-13-10-4-2-1-3-7-11-8-5-6-9-12(11)14(13)15/h1-10,15H,16H2. The second kappa shape index (κ2) is 3.62. The average Bonchev–Trinajstić information content (AvgIpc) is 2.96. The minimum atomic E-state index is 0.122. The van der Waals surface area contributed by atoms with Gasteiger partial charge < -0.3 is 5.73 Å². The first-order valence-electron chi connectivity index (χ1n) is 5.48. The van der Waals surface area contributed by atoms with Gasteiger partial charge in [-0.15, -0.1) is 0 Å². The molecule has 1 aliphatic rings. The molecule has 1 unspecified atom stereocenters. The van der Waals surface area contributed by atoms with E-state index < -0.39 is 0 Å². The van der Waals surface area contributed by atoms with Gasteiger partial charge in [-0.2, -0.15) is 0 Å². The molecule has 78 valence electrons. The SMILES string of the molecule is NC1c2ccccccc3ccccc3c21. The smallest absolute Gasteiger partial charge is 0.0564 e. The molecule has 3 rings (SSSR count). The van der Waals surface area contributed by atoms with Crippen molar-refractivity contribution < 1.29 is 0 Å². The summed E-state index contributed by atoms with van der Waals surface area (Å²) in [5, 5.41) is 2.50. The van der Waals surface area contributed by atoms with Gasteiger partial charge in [-0.1, -0.05) is 60.7 Å². The van der Waals surface area contributed by atoms with Crippen LogP contribution in [0.5, 0.6) is 0 Å². The van der Waals surface area contributed by atoms with Gasteiger partial charge in [0.25, 0.3) is 0 Å². The third kappa shape index (κ3) is 1.46. The van der Waals surface area contributed by atoms with E-state index in [1.807, 2.05) is 18.2 Å². The minimum absolute atomic E-state index is 0.122. The van der Waals surface area contributed by atoms with Crippen molar-refractivity contribution in [2.24, 2.45) is 5.73 Å². The third-order valence-corrected chi connectivity index (χ3v) is 3.01. The van der Waals surface area contributed by atoms with Gasteiger partial charge in [-0.25, -0.2) is 0 Å². The summed E-state index contributed by atoms with van der Waals surface area (Å²) in [6.07, 6.45) is 0. The second-order valence-corrected chi connectivity index (χ2v) is 4.04. The van der Waals surface area contributed by atoms with Crippen molar-refractivity contribution in [3.05, 3.63) is 71.8 Å². The molecule has 16 heavy (non-hydrogen) atoms. The van der Waals surface area contributed by atoms with Gasteiger partial charge in [-0.05, 0) is 21.9 Å². The summed E-state index contributed by atoms with van der Waals surface area (Å²) in [7, 11) is 0. The van der Waals surface area contributed by atoms with E-state index in [2.05, 4.69) is 42.5 Å². The van der Waals surface area contributed by atoms with Gasteiger partial charge >= 0.3 is 0 Å². The van der Waals surface area contributed by atoms with E-state index >= 15 is 0 Å². The molecule has 0 aromatic heterocycles. The molecule has 1 nitrogen and oxygen atoms in total. The summed E-state index contributed by atoms with van der Waals surface area (Å²) in [6, 6.07) is 20.9. The molecule has 1 aliphatic carbocycles. The second-order valence-electron chi connectivity index (χ2n) is 4.04. The van der Waals surface area contributed by atoms with Crippen molar-refractivity contribution in [3.63, 3.8) is 0 Å². The zero-order chi connectivity index (χ0) is 11.0. The Morgan fingerprint density at radius 3 is 2.19 bits per heavy atom. The fourth-order valence-corrected chi connectivity index (χ4v) is 2.11. The fourth-order valence-electron chi connectivity index (χ4n) is 2.11. The molecule has 0 aliphatic heterocycles. The summed E-state index contributed by atoms with van der Waals surface area (Å²) >= 11 is 0. The first kappa shape index (κ1) is 9.37.